The lowest BCUT2D eigenvalue weighted by Gasteiger charge is -2.06. The topological polar surface area (TPSA) is 86.5 Å². The van der Waals surface area contributed by atoms with E-state index in [0.717, 1.165) is 11.3 Å². The summed E-state index contributed by atoms with van der Waals surface area (Å²) in [5.41, 5.74) is 0.920. The summed E-state index contributed by atoms with van der Waals surface area (Å²) < 4.78 is 28.7. The minimum Gasteiger partial charge on any atom is -0.486 e. The summed E-state index contributed by atoms with van der Waals surface area (Å²) in [6.45, 7) is 1.38. The number of nitrogens with two attached hydrogens (primary N) is 1. The normalized spacial score (nSPS) is 11.3. The molecule has 0 radical (unpaired) electrons. The van der Waals surface area contributed by atoms with Crippen molar-refractivity contribution in [2.45, 2.75) is 11.8 Å². The Labute approximate surface area is 121 Å². The highest BCUT2D eigenvalue weighted by Crippen LogP contribution is 2.44. The van der Waals surface area contributed by atoms with Gasteiger partial charge in [0.1, 0.15) is 4.90 Å². The van der Waals surface area contributed by atoms with Gasteiger partial charge in [-0.3, -0.25) is 4.79 Å². The molecule has 0 aliphatic heterocycles. The van der Waals surface area contributed by atoms with Gasteiger partial charge < -0.3 is 4.74 Å². The molecule has 2 aromatic rings. The van der Waals surface area contributed by atoms with Gasteiger partial charge in [0, 0.05) is 5.56 Å². The molecule has 20 heavy (non-hydrogen) atoms. The van der Waals surface area contributed by atoms with Crippen LogP contribution >= 0.6 is 11.3 Å². The summed E-state index contributed by atoms with van der Waals surface area (Å²) in [7, 11) is -2.66. The van der Waals surface area contributed by atoms with E-state index in [1.54, 1.807) is 30.3 Å². The van der Waals surface area contributed by atoms with Crippen LogP contribution in [-0.4, -0.2) is 21.3 Å². The number of methoxy groups -OCH3 is 1. The van der Waals surface area contributed by atoms with E-state index < -0.39 is 10.0 Å². The molecule has 0 aliphatic rings. The number of primary sulfonamides is 1. The third-order valence-corrected chi connectivity index (χ3v) is 5.03. The number of thiophene rings is 1. The van der Waals surface area contributed by atoms with Crippen LogP contribution in [0.2, 0.25) is 0 Å². The van der Waals surface area contributed by atoms with E-state index in [4.69, 9.17) is 9.88 Å². The molecular formula is C13H13NO4S2. The molecule has 0 unspecified atom stereocenters. The largest absolute Gasteiger partial charge is 0.486 e. The molecular weight excluding hydrogens is 298 g/mol. The summed E-state index contributed by atoms with van der Waals surface area (Å²) in [5, 5.41) is 5.39. The molecule has 0 atom stereocenters. The van der Waals surface area contributed by atoms with Crippen molar-refractivity contribution in [1.82, 2.24) is 0 Å². The Hall–Kier alpha value is -1.70. The van der Waals surface area contributed by atoms with Crippen molar-refractivity contribution < 1.29 is 17.9 Å². The molecule has 2 N–H and O–H groups in total. The first kappa shape index (κ1) is 14.7. The van der Waals surface area contributed by atoms with Crippen LogP contribution in [0.1, 0.15) is 16.6 Å². The van der Waals surface area contributed by atoms with E-state index in [-0.39, 0.29) is 15.7 Å². The molecule has 1 aromatic carbocycles. The zero-order valence-electron chi connectivity index (χ0n) is 10.9. The SMILES string of the molecule is COc1sc(C(C)=O)c(-c2ccccc2)c1S(N)(=O)=O. The lowest BCUT2D eigenvalue weighted by atomic mass is 10.1. The Morgan fingerprint density at radius 3 is 2.30 bits per heavy atom. The van der Waals surface area contributed by atoms with Gasteiger partial charge in [0.05, 0.1) is 12.0 Å². The molecule has 0 spiro atoms. The minimum absolute atomic E-state index is 0.122. The van der Waals surface area contributed by atoms with Crippen molar-refractivity contribution >= 4 is 27.1 Å². The maximum atomic E-state index is 11.8. The second-order valence-corrected chi connectivity index (χ2v) is 6.58. The van der Waals surface area contributed by atoms with Gasteiger partial charge >= 0.3 is 0 Å². The predicted molar refractivity (Wildman–Crippen MR) is 77.7 cm³/mol. The Morgan fingerprint density at radius 1 is 1.25 bits per heavy atom. The molecule has 106 valence electrons. The highest BCUT2D eigenvalue weighted by molar-refractivity contribution is 7.89. The van der Waals surface area contributed by atoms with Crippen molar-refractivity contribution in [3.8, 4) is 16.2 Å². The summed E-state index contributed by atoms with van der Waals surface area (Å²) in [4.78, 5) is 11.9. The Morgan fingerprint density at radius 2 is 1.85 bits per heavy atom. The molecule has 0 saturated heterocycles. The Balaban J connectivity index is 2.89. The van der Waals surface area contributed by atoms with E-state index in [9.17, 15) is 13.2 Å². The standard InChI is InChI=1S/C13H13NO4S2/c1-8(15)11-10(9-6-4-3-5-7-9)12(20(14,16)17)13(18-2)19-11/h3-7H,1-2H3,(H2,14,16,17). The summed E-state index contributed by atoms with van der Waals surface area (Å²) in [6, 6.07) is 8.77. The van der Waals surface area contributed by atoms with Gasteiger partial charge in [0.25, 0.3) is 0 Å². The minimum atomic E-state index is -4.00. The summed E-state index contributed by atoms with van der Waals surface area (Å²) in [6.07, 6.45) is 0. The lowest BCUT2D eigenvalue weighted by Crippen LogP contribution is -2.13. The van der Waals surface area contributed by atoms with Crippen molar-refractivity contribution in [2.75, 3.05) is 7.11 Å². The van der Waals surface area contributed by atoms with Crippen LogP contribution < -0.4 is 9.88 Å². The van der Waals surface area contributed by atoms with Crippen molar-refractivity contribution in [1.29, 1.82) is 0 Å². The average molecular weight is 311 g/mol. The fraction of sp³-hybridized carbons (Fsp3) is 0.154. The molecule has 7 heteroatoms. The average Bonchev–Trinajstić information content (AvgIpc) is 2.79. The zero-order valence-corrected chi connectivity index (χ0v) is 12.5. The first-order chi connectivity index (χ1) is 9.36. The molecule has 1 heterocycles. The third-order valence-electron chi connectivity index (χ3n) is 2.69. The number of Topliss-reactive ketones (excluding diaryl/α,β-unsaturated/α-hetero) is 1. The van der Waals surface area contributed by atoms with Crippen molar-refractivity contribution in [3.05, 3.63) is 35.2 Å². The summed E-state index contributed by atoms with van der Waals surface area (Å²) in [5.74, 6) is -0.234. The molecule has 0 saturated carbocycles. The van der Waals surface area contributed by atoms with Gasteiger partial charge in [-0.15, -0.1) is 0 Å². The lowest BCUT2D eigenvalue weighted by molar-refractivity contribution is 0.102. The molecule has 0 bridgehead atoms. The fourth-order valence-electron chi connectivity index (χ4n) is 1.90. The van der Waals surface area contributed by atoms with Crippen LogP contribution in [0, 0.1) is 0 Å². The van der Waals surface area contributed by atoms with Gasteiger partial charge in [-0.2, -0.15) is 0 Å². The van der Waals surface area contributed by atoms with E-state index in [1.807, 2.05) is 0 Å². The van der Waals surface area contributed by atoms with Crippen LogP contribution in [0.25, 0.3) is 11.1 Å². The maximum absolute atomic E-state index is 11.8. The summed E-state index contributed by atoms with van der Waals surface area (Å²) >= 11 is 0.985. The molecule has 0 aliphatic carbocycles. The molecule has 5 nitrogen and oxygen atoms in total. The number of hydrogen-bond donors (Lipinski definition) is 1. The van der Waals surface area contributed by atoms with E-state index in [1.165, 1.54) is 14.0 Å². The molecule has 1 aromatic heterocycles. The third kappa shape index (κ3) is 2.60. The van der Waals surface area contributed by atoms with Gasteiger partial charge in [-0.1, -0.05) is 41.7 Å². The number of sulfonamides is 1. The van der Waals surface area contributed by atoms with Gasteiger partial charge in [-0.05, 0) is 12.5 Å². The van der Waals surface area contributed by atoms with E-state index in [2.05, 4.69) is 0 Å². The fourth-order valence-corrected chi connectivity index (χ4v) is 4.19. The second kappa shape index (κ2) is 5.35. The predicted octanol–water partition coefficient (Wildman–Crippen LogP) is 2.27. The Kier molecular flexibility index (Phi) is 3.94. The van der Waals surface area contributed by atoms with E-state index >= 15 is 0 Å². The quantitative estimate of drug-likeness (QED) is 0.878. The monoisotopic (exact) mass is 311 g/mol. The van der Waals surface area contributed by atoms with Crippen LogP contribution in [0.15, 0.2) is 35.2 Å². The smallest absolute Gasteiger partial charge is 0.243 e. The number of carbonyl (C=O) groups excluding carboxylic acids is 1. The number of ether oxygens (including phenoxy) is 1. The van der Waals surface area contributed by atoms with Crippen LogP contribution in [-0.2, 0) is 10.0 Å². The van der Waals surface area contributed by atoms with Crippen molar-refractivity contribution in [3.63, 3.8) is 0 Å². The van der Waals surface area contributed by atoms with Gasteiger partial charge in [0.2, 0.25) is 10.0 Å². The molecule has 0 fully saturated rings. The molecule has 0 amide bonds. The zero-order chi connectivity index (χ0) is 14.9. The number of rotatable bonds is 4. The van der Waals surface area contributed by atoms with E-state index in [0.29, 0.717) is 16.0 Å². The number of carbonyl (C=O) groups is 1. The van der Waals surface area contributed by atoms with Crippen LogP contribution in [0.3, 0.4) is 0 Å². The highest BCUT2D eigenvalue weighted by Gasteiger charge is 2.29. The molecule has 2 rings (SSSR count). The number of ketones is 1. The van der Waals surface area contributed by atoms with Crippen LogP contribution in [0.4, 0.5) is 0 Å². The number of hydrogen-bond acceptors (Lipinski definition) is 5. The first-order valence-electron chi connectivity index (χ1n) is 5.66. The van der Waals surface area contributed by atoms with Crippen LogP contribution in [0.5, 0.6) is 5.06 Å². The van der Waals surface area contributed by atoms with Crippen molar-refractivity contribution in [2.24, 2.45) is 5.14 Å². The van der Waals surface area contributed by atoms with Gasteiger partial charge in [-0.25, -0.2) is 13.6 Å². The first-order valence-corrected chi connectivity index (χ1v) is 8.02. The Bertz CT molecular complexity index is 748. The van der Waals surface area contributed by atoms with Gasteiger partial charge in [0.15, 0.2) is 10.8 Å². The second-order valence-electron chi connectivity index (χ2n) is 4.09. The number of benzene rings is 1. The maximum Gasteiger partial charge on any atom is 0.243 e. The highest BCUT2D eigenvalue weighted by atomic mass is 32.2.